The number of hydrogen-bond acceptors (Lipinski definition) is 5. The van der Waals surface area contributed by atoms with Crippen molar-refractivity contribution in [3.8, 4) is 0 Å². The highest BCUT2D eigenvalue weighted by molar-refractivity contribution is 5.54. The SMILES string of the molecule is COCCN(CC(F)(F)F)c1ccc(NC2CCC(N)CC2)c(C)n1. The lowest BCUT2D eigenvalue weighted by atomic mass is 9.91. The van der Waals surface area contributed by atoms with Gasteiger partial charge in [-0.1, -0.05) is 0 Å². The number of aromatic nitrogens is 1. The highest BCUT2D eigenvalue weighted by atomic mass is 19.4. The van der Waals surface area contributed by atoms with Gasteiger partial charge in [0, 0.05) is 25.7 Å². The average Bonchev–Trinajstić information content (AvgIpc) is 2.54. The van der Waals surface area contributed by atoms with E-state index in [0.29, 0.717) is 17.6 Å². The first-order valence-corrected chi connectivity index (χ1v) is 8.59. The highest BCUT2D eigenvalue weighted by Crippen LogP contribution is 2.26. The summed E-state index contributed by atoms with van der Waals surface area (Å²) in [7, 11) is 1.47. The number of ether oxygens (including phenoxy) is 1. The molecule has 1 aromatic rings. The Morgan fingerprint density at radius 2 is 1.96 bits per heavy atom. The van der Waals surface area contributed by atoms with Crippen LogP contribution in [0.1, 0.15) is 31.4 Å². The van der Waals surface area contributed by atoms with Crippen LogP contribution in [0.25, 0.3) is 0 Å². The summed E-state index contributed by atoms with van der Waals surface area (Å²) in [4.78, 5) is 5.57. The first-order chi connectivity index (χ1) is 11.8. The minimum atomic E-state index is -4.29. The zero-order valence-electron chi connectivity index (χ0n) is 14.8. The first-order valence-electron chi connectivity index (χ1n) is 8.59. The van der Waals surface area contributed by atoms with Crippen LogP contribution in [0.15, 0.2) is 12.1 Å². The van der Waals surface area contributed by atoms with Crippen molar-refractivity contribution in [1.29, 1.82) is 0 Å². The number of halogens is 3. The maximum absolute atomic E-state index is 12.8. The van der Waals surface area contributed by atoms with Crippen molar-refractivity contribution in [1.82, 2.24) is 4.98 Å². The molecule has 0 bridgehead atoms. The minimum absolute atomic E-state index is 0.135. The van der Waals surface area contributed by atoms with E-state index in [4.69, 9.17) is 10.5 Å². The van der Waals surface area contributed by atoms with Gasteiger partial charge < -0.3 is 20.7 Å². The number of methoxy groups -OCH3 is 1. The molecule has 3 N–H and O–H groups in total. The van der Waals surface area contributed by atoms with Crippen LogP contribution >= 0.6 is 0 Å². The molecule has 0 saturated heterocycles. The van der Waals surface area contributed by atoms with Crippen molar-refractivity contribution in [2.75, 3.05) is 37.0 Å². The molecule has 142 valence electrons. The molecule has 5 nitrogen and oxygen atoms in total. The quantitative estimate of drug-likeness (QED) is 0.782. The van der Waals surface area contributed by atoms with E-state index in [9.17, 15) is 13.2 Å². The molecule has 0 radical (unpaired) electrons. The van der Waals surface area contributed by atoms with Crippen LogP contribution in [-0.2, 0) is 4.74 Å². The molecule has 1 aromatic heterocycles. The van der Waals surface area contributed by atoms with Gasteiger partial charge in [0.1, 0.15) is 12.4 Å². The van der Waals surface area contributed by atoms with Crippen LogP contribution < -0.4 is 16.0 Å². The summed E-state index contributed by atoms with van der Waals surface area (Å²) in [6.07, 6.45) is -0.328. The lowest BCUT2D eigenvalue weighted by Gasteiger charge is -2.29. The third-order valence-corrected chi connectivity index (χ3v) is 4.46. The van der Waals surface area contributed by atoms with Crippen LogP contribution in [0.5, 0.6) is 0 Å². The Kier molecular flexibility index (Phi) is 6.89. The predicted molar refractivity (Wildman–Crippen MR) is 93.0 cm³/mol. The Hall–Kier alpha value is -1.54. The molecule has 1 heterocycles. The lowest BCUT2D eigenvalue weighted by molar-refractivity contribution is -0.120. The minimum Gasteiger partial charge on any atom is -0.383 e. The molecule has 1 aliphatic rings. The van der Waals surface area contributed by atoms with Crippen LogP contribution in [-0.4, -0.2) is 50.1 Å². The van der Waals surface area contributed by atoms with Gasteiger partial charge in [0.05, 0.1) is 18.0 Å². The standard InChI is InChI=1S/C17H27F3N4O/c1-12-15(23-14-5-3-13(21)4-6-14)7-8-16(22-12)24(9-10-25-2)11-17(18,19)20/h7-8,13-14,23H,3-6,9-11,21H2,1-2H3. The van der Waals surface area contributed by atoms with Crippen molar-refractivity contribution < 1.29 is 17.9 Å². The summed E-state index contributed by atoms with van der Waals surface area (Å²) in [5.74, 6) is 0.308. The molecule has 1 aliphatic carbocycles. The number of pyridine rings is 1. The summed E-state index contributed by atoms with van der Waals surface area (Å²) in [5, 5.41) is 3.44. The molecular formula is C17H27F3N4O. The second-order valence-electron chi connectivity index (χ2n) is 6.59. The third-order valence-electron chi connectivity index (χ3n) is 4.46. The van der Waals surface area contributed by atoms with E-state index in [1.807, 2.05) is 13.0 Å². The maximum atomic E-state index is 12.8. The largest absolute Gasteiger partial charge is 0.405 e. The van der Waals surface area contributed by atoms with Gasteiger partial charge in [0.2, 0.25) is 0 Å². The van der Waals surface area contributed by atoms with E-state index in [1.165, 1.54) is 12.0 Å². The molecule has 0 atom stereocenters. The molecule has 1 fully saturated rings. The molecule has 25 heavy (non-hydrogen) atoms. The van der Waals surface area contributed by atoms with Gasteiger partial charge in [-0.25, -0.2) is 4.98 Å². The average molecular weight is 360 g/mol. The molecule has 8 heteroatoms. The van der Waals surface area contributed by atoms with E-state index in [-0.39, 0.29) is 19.2 Å². The fourth-order valence-electron chi connectivity index (χ4n) is 3.05. The lowest BCUT2D eigenvalue weighted by Crippen LogP contribution is -2.37. The zero-order valence-corrected chi connectivity index (χ0v) is 14.8. The maximum Gasteiger partial charge on any atom is 0.405 e. The zero-order chi connectivity index (χ0) is 18.4. The van der Waals surface area contributed by atoms with Crippen molar-refractivity contribution in [2.24, 2.45) is 5.73 Å². The van der Waals surface area contributed by atoms with Gasteiger partial charge in [-0.3, -0.25) is 0 Å². The van der Waals surface area contributed by atoms with Crippen LogP contribution in [0.3, 0.4) is 0 Å². The Morgan fingerprint density at radius 3 is 2.52 bits per heavy atom. The first kappa shape index (κ1) is 19.8. The topological polar surface area (TPSA) is 63.4 Å². The van der Waals surface area contributed by atoms with Crippen molar-refractivity contribution in [3.05, 3.63) is 17.8 Å². The van der Waals surface area contributed by atoms with Gasteiger partial charge in [0.25, 0.3) is 0 Å². The summed E-state index contributed by atoms with van der Waals surface area (Å²) in [6.45, 7) is 1.10. The number of rotatable bonds is 7. The molecule has 0 unspecified atom stereocenters. The molecular weight excluding hydrogens is 333 g/mol. The van der Waals surface area contributed by atoms with Crippen molar-refractivity contribution in [3.63, 3.8) is 0 Å². The summed E-state index contributed by atoms with van der Waals surface area (Å²) >= 11 is 0. The van der Waals surface area contributed by atoms with Gasteiger partial charge in [-0.2, -0.15) is 13.2 Å². The van der Waals surface area contributed by atoms with Crippen molar-refractivity contribution in [2.45, 2.75) is 50.9 Å². The number of hydrogen-bond donors (Lipinski definition) is 2. The Morgan fingerprint density at radius 1 is 1.28 bits per heavy atom. The third kappa shape index (κ3) is 6.36. The van der Waals surface area contributed by atoms with Gasteiger partial charge in [-0.05, 0) is 44.7 Å². The van der Waals surface area contributed by atoms with Gasteiger partial charge in [0.15, 0.2) is 0 Å². The Balaban J connectivity index is 2.07. The predicted octanol–water partition coefficient (Wildman–Crippen LogP) is 3.09. The van der Waals surface area contributed by atoms with Gasteiger partial charge in [-0.15, -0.1) is 0 Å². The molecule has 0 spiro atoms. The van der Waals surface area contributed by atoms with E-state index >= 15 is 0 Å². The second kappa shape index (κ2) is 8.71. The fourth-order valence-corrected chi connectivity index (χ4v) is 3.05. The highest BCUT2D eigenvalue weighted by Gasteiger charge is 2.31. The second-order valence-corrected chi connectivity index (χ2v) is 6.59. The molecule has 1 saturated carbocycles. The van der Waals surface area contributed by atoms with Gasteiger partial charge >= 0.3 is 6.18 Å². The van der Waals surface area contributed by atoms with E-state index < -0.39 is 12.7 Å². The Labute approximate surface area is 146 Å². The molecule has 0 amide bonds. The van der Waals surface area contributed by atoms with Crippen LogP contribution in [0.2, 0.25) is 0 Å². The van der Waals surface area contributed by atoms with Crippen molar-refractivity contribution >= 4 is 11.5 Å². The van der Waals surface area contributed by atoms with E-state index in [2.05, 4.69) is 10.3 Å². The Bertz CT molecular complexity index is 545. The van der Waals surface area contributed by atoms with E-state index in [1.54, 1.807) is 6.07 Å². The number of nitrogens with one attached hydrogen (secondary N) is 1. The number of nitrogens with two attached hydrogens (primary N) is 1. The van der Waals surface area contributed by atoms with E-state index in [0.717, 1.165) is 31.4 Å². The number of alkyl halides is 3. The summed E-state index contributed by atoms with van der Waals surface area (Å²) in [5.41, 5.74) is 7.47. The molecule has 0 aliphatic heterocycles. The summed E-state index contributed by atoms with van der Waals surface area (Å²) in [6, 6.07) is 4.05. The monoisotopic (exact) mass is 360 g/mol. The fraction of sp³-hybridized carbons (Fsp3) is 0.706. The number of nitrogens with zero attached hydrogens (tertiary/aromatic N) is 2. The number of anilines is 2. The van der Waals surface area contributed by atoms with Crippen LogP contribution in [0, 0.1) is 6.92 Å². The normalized spacial score (nSPS) is 21.2. The number of aryl methyl sites for hydroxylation is 1. The summed E-state index contributed by atoms with van der Waals surface area (Å²) < 4.78 is 43.3. The molecule has 2 rings (SSSR count). The smallest absolute Gasteiger partial charge is 0.383 e. The van der Waals surface area contributed by atoms with Crippen LogP contribution in [0.4, 0.5) is 24.7 Å². The molecule has 0 aromatic carbocycles.